The van der Waals surface area contributed by atoms with Gasteiger partial charge in [-0.2, -0.15) is 5.26 Å². The predicted octanol–water partition coefficient (Wildman–Crippen LogP) is 5.31. The number of furan rings is 1. The fraction of sp³-hybridized carbons (Fsp3) is 0.0476. The van der Waals surface area contributed by atoms with Gasteiger partial charge >= 0.3 is 0 Å². The van der Waals surface area contributed by atoms with Gasteiger partial charge in [0.25, 0.3) is 11.6 Å². The number of hydrogen-bond donors (Lipinski definition) is 1. The Bertz CT molecular complexity index is 1170. The maximum Gasteiger partial charge on any atom is 0.269 e. The predicted molar refractivity (Wildman–Crippen MR) is 117 cm³/mol. The lowest BCUT2D eigenvalue weighted by atomic mass is 10.1. The summed E-state index contributed by atoms with van der Waals surface area (Å²) in [7, 11) is 0. The van der Waals surface area contributed by atoms with Crippen molar-refractivity contribution in [1.82, 2.24) is 0 Å². The number of nitrogens with one attached hydrogen (secondary N) is 1. The Labute approximate surface area is 179 Å². The van der Waals surface area contributed by atoms with Gasteiger partial charge in [-0.3, -0.25) is 14.9 Å². The smallest absolute Gasteiger partial charge is 0.269 e. The van der Waals surface area contributed by atoms with Gasteiger partial charge < -0.3 is 9.73 Å². The van der Waals surface area contributed by atoms with Crippen LogP contribution in [0.25, 0.3) is 17.4 Å². The lowest BCUT2D eigenvalue weighted by molar-refractivity contribution is -0.384. The summed E-state index contributed by atoms with van der Waals surface area (Å²) < 4.78 is 6.68. The number of halogens is 1. The molecule has 144 valence electrons. The van der Waals surface area contributed by atoms with E-state index in [1.54, 1.807) is 43.3 Å². The fourth-order valence-corrected chi connectivity index (χ4v) is 3.21. The number of anilines is 1. The molecular weight excluding hydrogens is 485 g/mol. The Morgan fingerprint density at radius 3 is 2.69 bits per heavy atom. The number of carbonyl (C=O) groups is 1. The van der Waals surface area contributed by atoms with E-state index in [2.05, 4.69) is 27.9 Å². The van der Waals surface area contributed by atoms with Gasteiger partial charge in [0.2, 0.25) is 0 Å². The molecule has 0 radical (unpaired) electrons. The molecule has 0 saturated carbocycles. The number of nitriles is 1. The van der Waals surface area contributed by atoms with E-state index in [0.29, 0.717) is 28.3 Å². The van der Waals surface area contributed by atoms with E-state index in [0.717, 1.165) is 3.57 Å². The number of rotatable bonds is 5. The molecule has 1 N–H and O–H groups in total. The minimum Gasteiger partial charge on any atom is -0.457 e. The van der Waals surface area contributed by atoms with Crippen molar-refractivity contribution in [1.29, 1.82) is 5.26 Å². The highest BCUT2D eigenvalue weighted by molar-refractivity contribution is 14.1. The third-order valence-corrected chi connectivity index (χ3v) is 4.72. The van der Waals surface area contributed by atoms with Crippen LogP contribution in [0.3, 0.4) is 0 Å². The Kier molecular flexibility index (Phi) is 6.09. The summed E-state index contributed by atoms with van der Waals surface area (Å²) in [5.41, 5.74) is 1.85. The molecule has 0 aliphatic heterocycles. The van der Waals surface area contributed by atoms with Gasteiger partial charge in [-0.1, -0.05) is 6.07 Å². The number of nitro benzene ring substituents is 1. The number of nitrogens with zero attached hydrogens (tertiary/aromatic N) is 2. The van der Waals surface area contributed by atoms with Crippen molar-refractivity contribution >= 4 is 45.9 Å². The first kappa shape index (κ1) is 20.3. The molecule has 2 aromatic carbocycles. The molecule has 0 atom stereocenters. The van der Waals surface area contributed by atoms with Crippen molar-refractivity contribution in [2.45, 2.75) is 6.92 Å². The van der Waals surface area contributed by atoms with Crippen LogP contribution in [0.4, 0.5) is 11.4 Å². The van der Waals surface area contributed by atoms with Crippen molar-refractivity contribution in [2.24, 2.45) is 0 Å². The maximum atomic E-state index is 12.4. The Morgan fingerprint density at radius 1 is 1.24 bits per heavy atom. The van der Waals surface area contributed by atoms with E-state index < -0.39 is 10.8 Å². The average Bonchev–Trinajstić information content (AvgIpc) is 3.14. The normalized spacial score (nSPS) is 11.0. The molecule has 1 heterocycles. The third kappa shape index (κ3) is 4.89. The van der Waals surface area contributed by atoms with Crippen LogP contribution in [0.2, 0.25) is 0 Å². The van der Waals surface area contributed by atoms with Crippen LogP contribution in [-0.2, 0) is 4.79 Å². The second kappa shape index (κ2) is 8.70. The molecule has 0 aliphatic carbocycles. The topological polar surface area (TPSA) is 109 Å². The lowest BCUT2D eigenvalue weighted by Crippen LogP contribution is -2.13. The minimum absolute atomic E-state index is 0.00284. The van der Waals surface area contributed by atoms with Crippen LogP contribution in [0, 0.1) is 31.9 Å². The van der Waals surface area contributed by atoms with Crippen LogP contribution >= 0.6 is 22.6 Å². The molecule has 1 aromatic heterocycles. The van der Waals surface area contributed by atoms with E-state index in [9.17, 15) is 20.2 Å². The van der Waals surface area contributed by atoms with Crippen LogP contribution in [-0.4, -0.2) is 10.8 Å². The Hall–Kier alpha value is -3.45. The minimum atomic E-state index is -0.543. The van der Waals surface area contributed by atoms with E-state index >= 15 is 0 Å². The third-order valence-electron chi connectivity index (χ3n) is 4.05. The van der Waals surface area contributed by atoms with Gasteiger partial charge in [-0.15, -0.1) is 0 Å². The molecule has 29 heavy (non-hydrogen) atoms. The number of carbonyl (C=O) groups excluding carboxylic acids is 1. The van der Waals surface area contributed by atoms with E-state index in [-0.39, 0.29) is 11.3 Å². The van der Waals surface area contributed by atoms with Crippen LogP contribution in [0.1, 0.15) is 11.3 Å². The second-order valence-electron chi connectivity index (χ2n) is 6.09. The zero-order chi connectivity index (χ0) is 21.0. The molecule has 0 aliphatic rings. The Morgan fingerprint density at radius 2 is 2.03 bits per heavy atom. The van der Waals surface area contributed by atoms with E-state index in [4.69, 9.17) is 4.42 Å². The highest BCUT2D eigenvalue weighted by atomic mass is 127. The summed E-state index contributed by atoms with van der Waals surface area (Å²) in [6.07, 6.45) is 1.35. The fourth-order valence-electron chi connectivity index (χ4n) is 2.67. The summed E-state index contributed by atoms with van der Waals surface area (Å²) >= 11 is 2.13. The second-order valence-corrected chi connectivity index (χ2v) is 7.34. The zero-order valence-electron chi connectivity index (χ0n) is 15.2. The molecule has 0 bridgehead atoms. The first-order valence-corrected chi connectivity index (χ1v) is 9.49. The van der Waals surface area contributed by atoms with Gasteiger partial charge in [-0.05, 0) is 71.5 Å². The first-order valence-electron chi connectivity index (χ1n) is 8.41. The molecule has 0 fully saturated rings. The van der Waals surface area contributed by atoms with Crippen LogP contribution < -0.4 is 5.32 Å². The summed E-state index contributed by atoms with van der Waals surface area (Å²) in [6, 6.07) is 16.9. The van der Waals surface area contributed by atoms with Gasteiger partial charge in [0, 0.05) is 33.0 Å². The van der Waals surface area contributed by atoms with Gasteiger partial charge in [-0.25, -0.2) is 0 Å². The average molecular weight is 499 g/mol. The largest absolute Gasteiger partial charge is 0.457 e. The zero-order valence-corrected chi connectivity index (χ0v) is 17.3. The number of benzene rings is 2. The molecule has 0 unspecified atom stereocenters. The SMILES string of the molecule is Cc1cc([N+](=O)[O-])ccc1-c1ccc(/C=C(\C#N)C(=O)Nc2cccc(I)c2)o1. The number of hydrogen-bond acceptors (Lipinski definition) is 5. The van der Waals surface area contributed by atoms with Crippen LogP contribution in [0.5, 0.6) is 0 Å². The number of nitro groups is 1. The van der Waals surface area contributed by atoms with Gasteiger partial charge in [0.15, 0.2) is 0 Å². The van der Waals surface area contributed by atoms with Crippen molar-refractivity contribution in [2.75, 3.05) is 5.32 Å². The molecular formula is C21H14IN3O4. The molecule has 0 saturated heterocycles. The van der Waals surface area contributed by atoms with E-state index in [1.165, 1.54) is 18.2 Å². The molecule has 3 aromatic rings. The van der Waals surface area contributed by atoms with Gasteiger partial charge in [0.1, 0.15) is 23.2 Å². The molecule has 0 spiro atoms. The molecule has 1 amide bonds. The van der Waals surface area contributed by atoms with Crippen molar-refractivity contribution in [3.63, 3.8) is 0 Å². The van der Waals surface area contributed by atoms with E-state index in [1.807, 2.05) is 12.1 Å². The summed E-state index contributed by atoms with van der Waals surface area (Å²) in [6.45, 7) is 1.75. The number of aryl methyl sites for hydroxylation is 1. The Balaban J connectivity index is 1.83. The van der Waals surface area contributed by atoms with Crippen molar-refractivity contribution in [3.8, 4) is 17.4 Å². The first-order chi connectivity index (χ1) is 13.9. The standard InChI is InChI=1S/C21H14IN3O4/c1-13-9-17(25(27)28)5-7-19(13)20-8-6-18(29-20)10-14(12-23)21(26)24-16-4-2-3-15(22)11-16/h2-11H,1H3,(H,24,26)/b14-10+. The highest BCUT2D eigenvalue weighted by Crippen LogP contribution is 2.29. The molecule has 7 nitrogen and oxygen atoms in total. The maximum absolute atomic E-state index is 12.4. The molecule has 3 rings (SSSR count). The van der Waals surface area contributed by atoms with Crippen molar-refractivity contribution < 1.29 is 14.1 Å². The van der Waals surface area contributed by atoms with Crippen LogP contribution in [0.15, 0.2) is 64.6 Å². The number of non-ortho nitro benzene ring substituents is 1. The number of amides is 1. The lowest BCUT2D eigenvalue weighted by Gasteiger charge is -2.04. The van der Waals surface area contributed by atoms with Gasteiger partial charge in [0.05, 0.1) is 4.92 Å². The monoisotopic (exact) mass is 499 g/mol. The summed E-state index contributed by atoms with van der Waals surface area (Å²) in [4.78, 5) is 22.8. The molecule has 8 heteroatoms. The highest BCUT2D eigenvalue weighted by Gasteiger charge is 2.14. The van der Waals surface area contributed by atoms with Crippen molar-refractivity contribution in [3.05, 3.63) is 85.2 Å². The summed E-state index contributed by atoms with van der Waals surface area (Å²) in [5.74, 6) is 0.269. The quantitative estimate of drug-likeness (QED) is 0.168. The summed E-state index contributed by atoms with van der Waals surface area (Å²) in [5, 5.41) is 22.9.